The molecule has 0 atom stereocenters. The first kappa shape index (κ1) is 12.0. The maximum absolute atomic E-state index is 6.13. The van der Waals surface area contributed by atoms with Crippen LogP contribution in [0.25, 0.3) is 10.9 Å². The van der Waals surface area contributed by atoms with Crippen molar-refractivity contribution in [2.45, 2.75) is 6.92 Å². The van der Waals surface area contributed by atoms with E-state index in [2.05, 4.69) is 4.98 Å². The molecule has 1 aromatic heterocycles. The third kappa shape index (κ3) is 2.54. The van der Waals surface area contributed by atoms with E-state index in [1.165, 1.54) is 5.56 Å². The molecule has 0 aliphatic heterocycles. The van der Waals surface area contributed by atoms with Gasteiger partial charge in [0.25, 0.3) is 0 Å². The molecular formula is C16H12ClNO. The van der Waals surface area contributed by atoms with Crippen LogP contribution in [-0.4, -0.2) is 4.98 Å². The summed E-state index contributed by atoms with van der Waals surface area (Å²) in [6.45, 7) is 2.04. The first-order valence-corrected chi connectivity index (χ1v) is 6.40. The fourth-order valence-electron chi connectivity index (χ4n) is 1.88. The third-order valence-electron chi connectivity index (χ3n) is 2.89. The molecule has 0 N–H and O–H groups in total. The van der Waals surface area contributed by atoms with E-state index in [0.29, 0.717) is 10.9 Å². The highest BCUT2D eigenvalue weighted by atomic mass is 35.5. The van der Waals surface area contributed by atoms with Crippen LogP contribution < -0.4 is 4.74 Å². The minimum Gasteiger partial charge on any atom is -0.439 e. The predicted molar refractivity (Wildman–Crippen MR) is 78.0 cm³/mol. The van der Waals surface area contributed by atoms with Gasteiger partial charge in [-0.25, -0.2) is 4.98 Å². The van der Waals surface area contributed by atoms with Crippen molar-refractivity contribution < 1.29 is 4.74 Å². The minimum absolute atomic E-state index is 0.546. The molecule has 3 rings (SSSR count). The van der Waals surface area contributed by atoms with Gasteiger partial charge in [0.2, 0.25) is 5.88 Å². The molecule has 0 spiro atoms. The number of nitrogens with zero attached hydrogens (tertiary/aromatic N) is 1. The Morgan fingerprint density at radius 1 is 0.947 bits per heavy atom. The Morgan fingerprint density at radius 3 is 2.53 bits per heavy atom. The average molecular weight is 270 g/mol. The van der Waals surface area contributed by atoms with Crippen molar-refractivity contribution >= 4 is 22.5 Å². The second-order valence-corrected chi connectivity index (χ2v) is 4.78. The lowest BCUT2D eigenvalue weighted by Crippen LogP contribution is -1.89. The number of fused-ring (bicyclic) bond motifs is 1. The summed E-state index contributed by atoms with van der Waals surface area (Å²) in [6, 6.07) is 17.4. The number of hydrogen-bond acceptors (Lipinski definition) is 2. The fraction of sp³-hybridized carbons (Fsp3) is 0.0625. The Bertz CT molecular complexity index is 722. The Kier molecular flexibility index (Phi) is 3.10. The van der Waals surface area contributed by atoms with Gasteiger partial charge in [0, 0.05) is 11.5 Å². The number of para-hydroxylation sites is 1. The molecule has 2 nitrogen and oxygen atoms in total. The van der Waals surface area contributed by atoms with Gasteiger partial charge in [-0.3, -0.25) is 0 Å². The number of rotatable bonds is 2. The number of hydrogen-bond donors (Lipinski definition) is 0. The highest BCUT2D eigenvalue weighted by Crippen LogP contribution is 2.26. The summed E-state index contributed by atoms with van der Waals surface area (Å²) in [4.78, 5) is 4.44. The van der Waals surface area contributed by atoms with Crippen molar-refractivity contribution in [1.82, 2.24) is 4.98 Å². The Balaban J connectivity index is 1.97. The molecule has 0 aliphatic carbocycles. The summed E-state index contributed by atoms with van der Waals surface area (Å²) < 4.78 is 5.73. The van der Waals surface area contributed by atoms with Crippen molar-refractivity contribution in [3.8, 4) is 11.6 Å². The lowest BCUT2D eigenvalue weighted by atomic mass is 10.2. The van der Waals surface area contributed by atoms with E-state index in [0.717, 1.165) is 16.7 Å². The van der Waals surface area contributed by atoms with Crippen LogP contribution in [0.5, 0.6) is 11.6 Å². The topological polar surface area (TPSA) is 22.1 Å². The third-order valence-corrected chi connectivity index (χ3v) is 3.19. The van der Waals surface area contributed by atoms with Crippen LogP contribution in [0.15, 0.2) is 54.6 Å². The summed E-state index contributed by atoms with van der Waals surface area (Å²) in [5.41, 5.74) is 1.95. The van der Waals surface area contributed by atoms with Gasteiger partial charge < -0.3 is 4.74 Å². The van der Waals surface area contributed by atoms with E-state index in [-0.39, 0.29) is 0 Å². The van der Waals surface area contributed by atoms with Crippen molar-refractivity contribution in [1.29, 1.82) is 0 Å². The van der Waals surface area contributed by atoms with Gasteiger partial charge in [-0.05, 0) is 31.2 Å². The van der Waals surface area contributed by atoms with E-state index in [1.807, 2.05) is 61.5 Å². The molecule has 0 unspecified atom stereocenters. The largest absolute Gasteiger partial charge is 0.439 e. The van der Waals surface area contributed by atoms with Crippen molar-refractivity contribution in [3.05, 3.63) is 65.2 Å². The molecule has 0 aliphatic rings. The first-order chi connectivity index (χ1) is 9.22. The number of aromatic nitrogens is 1. The smallest absolute Gasteiger partial charge is 0.219 e. The summed E-state index contributed by atoms with van der Waals surface area (Å²) in [6.07, 6.45) is 0. The SMILES string of the molecule is Cc1ccc(Oc2ccc3cccc(Cl)c3n2)cc1. The van der Waals surface area contributed by atoms with Crippen LogP contribution in [0.3, 0.4) is 0 Å². The Labute approximate surface area is 116 Å². The molecule has 0 radical (unpaired) electrons. The van der Waals surface area contributed by atoms with Crippen molar-refractivity contribution in [2.24, 2.45) is 0 Å². The molecule has 1 heterocycles. The van der Waals surface area contributed by atoms with E-state index in [9.17, 15) is 0 Å². The molecule has 3 aromatic rings. The van der Waals surface area contributed by atoms with Gasteiger partial charge >= 0.3 is 0 Å². The number of halogens is 1. The molecule has 0 bridgehead atoms. The number of pyridine rings is 1. The molecule has 0 saturated carbocycles. The maximum atomic E-state index is 6.13. The van der Waals surface area contributed by atoms with E-state index >= 15 is 0 Å². The van der Waals surface area contributed by atoms with Gasteiger partial charge in [-0.2, -0.15) is 0 Å². The standard InChI is InChI=1S/C16H12ClNO/c1-11-5-8-13(9-6-11)19-15-10-7-12-3-2-4-14(17)16(12)18-15/h2-10H,1H3. The second-order valence-electron chi connectivity index (χ2n) is 4.38. The van der Waals surface area contributed by atoms with Crippen LogP contribution in [0, 0.1) is 6.92 Å². The fourth-order valence-corrected chi connectivity index (χ4v) is 2.10. The number of aryl methyl sites for hydroxylation is 1. The number of ether oxygens (including phenoxy) is 1. The van der Waals surface area contributed by atoms with Crippen LogP contribution >= 0.6 is 11.6 Å². The zero-order valence-corrected chi connectivity index (χ0v) is 11.2. The molecule has 0 saturated heterocycles. The Morgan fingerprint density at radius 2 is 1.74 bits per heavy atom. The summed E-state index contributed by atoms with van der Waals surface area (Å²) >= 11 is 6.13. The van der Waals surface area contributed by atoms with Crippen LogP contribution in [-0.2, 0) is 0 Å². The minimum atomic E-state index is 0.546. The maximum Gasteiger partial charge on any atom is 0.219 e. The van der Waals surface area contributed by atoms with E-state index in [1.54, 1.807) is 0 Å². The van der Waals surface area contributed by atoms with Crippen LogP contribution in [0.1, 0.15) is 5.56 Å². The summed E-state index contributed by atoms with van der Waals surface area (Å²) in [5, 5.41) is 1.63. The van der Waals surface area contributed by atoms with Gasteiger partial charge in [0.15, 0.2) is 0 Å². The van der Waals surface area contributed by atoms with Crippen molar-refractivity contribution in [2.75, 3.05) is 0 Å². The molecular weight excluding hydrogens is 258 g/mol. The molecule has 3 heteroatoms. The average Bonchev–Trinajstić information content (AvgIpc) is 2.42. The predicted octanol–water partition coefficient (Wildman–Crippen LogP) is 4.99. The van der Waals surface area contributed by atoms with Crippen LogP contribution in [0.4, 0.5) is 0 Å². The molecule has 19 heavy (non-hydrogen) atoms. The molecule has 94 valence electrons. The lowest BCUT2D eigenvalue weighted by Gasteiger charge is -2.06. The van der Waals surface area contributed by atoms with Gasteiger partial charge in [0.1, 0.15) is 5.75 Å². The zero-order valence-electron chi connectivity index (χ0n) is 10.4. The zero-order chi connectivity index (χ0) is 13.2. The summed E-state index contributed by atoms with van der Waals surface area (Å²) in [5.74, 6) is 1.31. The highest BCUT2D eigenvalue weighted by Gasteiger charge is 2.03. The monoisotopic (exact) mass is 269 g/mol. The van der Waals surface area contributed by atoms with Gasteiger partial charge in [-0.1, -0.05) is 41.4 Å². The second kappa shape index (κ2) is 4.90. The summed E-state index contributed by atoms with van der Waals surface area (Å²) in [7, 11) is 0. The highest BCUT2D eigenvalue weighted by molar-refractivity contribution is 6.35. The first-order valence-electron chi connectivity index (χ1n) is 6.02. The quantitative estimate of drug-likeness (QED) is 0.654. The molecule has 2 aromatic carbocycles. The number of benzene rings is 2. The molecule has 0 fully saturated rings. The molecule has 0 amide bonds. The van der Waals surface area contributed by atoms with Gasteiger partial charge in [-0.15, -0.1) is 0 Å². The Hall–Kier alpha value is -2.06. The normalized spacial score (nSPS) is 10.6. The van der Waals surface area contributed by atoms with Crippen molar-refractivity contribution in [3.63, 3.8) is 0 Å². The van der Waals surface area contributed by atoms with Crippen LogP contribution in [0.2, 0.25) is 5.02 Å². The lowest BCUT2D eigenvalue weighted by molar-refractivity contribution is 0.465. The van der Waals surface area contributed by atoms with E-state index in [4.69, 9.17) is 16.3 Å². The van der Waals surface area contributed by atoms with E-state index < -0.39 is 0 Å². The van der Waals surface area contributed by atoms with Gasteiger partial charge in [0.05, 0.1) is 10.5 Å².